The number of rotatable bonds is 6. The normalized spacial score (nSPS) is 10.8. The van der Waals surface area contributed by atoms with Crippen LogP contribution >= 0.6 is 0 Å². The molecule has 1 N–H and O–H groups in total. The van der Waals surface area contributed by atoms with Gasteiger partial charge in [0.2, 0.25) is 5.95 Å². The number of aromatic nitrogens is 4. The Labute approximate surface area is 211 Å². The summed E-state index contributed by atoms with van der Waals surface area (Å²) in [7, 11) is 0. The molecular weight excluding hydrogens is 471 g/mol. The maximum atomic E-state index is 14.6. The summed E-state index contributed by atoms with van der Waals surface area (Å²) in [5.41, 5.74) is 2.53. The summed E-state index contributed by atoms with van der Waals surface area (Å²) in [6.07, 6.45) is 0.384. The summed E-state index contributed by atoms with van der Waals surface area (Å²) in [6.45, 7) is 1.72. The third-order valence-corrected chi connectivity index (χ3v) is 6.01. The molecule has 0 spiro atoms. The van der Waals surface area contributed by atoms with Crippen molar-refractivity contribution < 1.29 is 9.18 Å². The molecule has 5 rings (SSSR count). The molecule has 1 amide bonds. The number of nitriles is 1. The second-order valence-electron chi connectivity index (χ2n) is 8.51. The molecule has 0 fully saturated rings. The van der Waals surface area contributed by atoms with Crippen molar-refractivity contribution in [2.45, 2.75) is 19.9 Å². The van der Waals surface area contributed by atoms with E-state index in [1.807, 2.05) is 30.3 Å². The molecule has 0 saturated carbocycles. The Morgan fingerprint density at radius 2 is 1.76 bits per heavy atom. The van der Waals surface area contributed by atoms with Crippen molar-refractivity contribution in [3.05, 3.63) is 129 Å². The number of nitrogens with one attached hydrogen (secondary N) is 1. The van der Waals surface area contributed by atoms with Gasteiger partial charge >= 0.3 is 0 Å². The monoisotopic (exact) mass is 492 g/mol. The number of hydrogen-bond acceptors (Lipinski definition) is 5. The second-order valence-corrected chi connectivity index (χ2v) is 8.51. The summed E-state index contributed by atoms with van der Waals surface area (Å²) in [6, 6.07) is 24.0. The zero-order valence-electron chi connectivity index (χ0n) is 19.9. The number of carbonyl (C=O) groups excluding carboxylic acids is 1. The van der Waals surface area contributed by atoms with Crippen molar-refractivity contribution in [1.82, 2.24) is 19.6 Å². The molecule has 9 heteroatoms. The van der Waals surface area contributed by atoms with Gasteiger partial charge in [0.05, 0.1) is 29.4 Å². The molecule has 3 aromatic carbocycles. The quantitative estimate of drug-likeness (QED) is 0.383. The van der Waals surface area contributed by atoms with Crippen molar-refractivity contribution in [3.8, 4) is 6.07 Å². The minimum atomic E-state index is -0.685. The molecular formula is C28H21FN6O2. The predicted molar refractivity (Wildman–Crippen MR) is 136 cm³/mol. The van der Waals surface area contributed by atoms with Gasteiger partial charge in [-0.3, -0.25) is 19.6 Å². The van der Waals surface area contributed by atoms with Crippen molar-refractivity contribution in [1.29, 1.82) is 5.26 Å². The van der Waals surface area contributed by atoms with Crippen molar-refractivity contribution in [2.24, 2.45) is 0 Å². The highest BCUT2D eigenvalue weighted by Crippen LogP contribution is 2.20. The molecule has 2 aromatic heterocycles. The number of amides is 1. The van der Waals surface area contributed by atoms with Crippen LogP contribution in [-0.2, 0) is 13.0 Å². The van der Waals surface area contributed by atoms with E-state index in [0.29, 0.717) is 28.8 Å². The van der Waals surface area contributed by atoms with Crippen LogP contribution in [0.15, 0.2) is 83.7 Å². The highest BCUT2D eigenvalue weighted by atomic mass is 19.1. The number of fused-ring (bicyclic) bond motifs is 1. The minimum absolute atomic E-state index is 0.0207. The standard InChI is InChI=1S/C28H21FN6O2/c1-18-23(15-19-8-3-2-4-9-19)26(37)35-27(31-18)32-28(33-35)34(17-21-11-7-10-20(14-21)16-30)25(36)22-12-5-6-13-24(22)29/h2-14H,15,17H2,1H3,(H,31,32,33). The lowest BCUT2D eigenvalue weighted by atomic mass is 10.1. The molecule has 0 aliphatic heterocycles. The average molecular weight is 493 g/mol. The van der Waals surface area contributed by atoms with Gasteiger partial charge in [-0.15, -0.1) is 0 Å². The lowest BCUT2D eigenvalue weighted by molar-refractivity contribution is 0.0979. The van der Waals surface area contributed by atoms with Gasteiger partial charge in [0.25, 0.3) is 17.2 Å². The number of aryl methyl sites for hydroxylation is 1. The molecule has 0 aliphatic carbocycles. The smallest absolute Gasteiger partial charge is 0.272 e. The SMILES string of the molecule is Cc1nc2nc(N(Cc3cccc(C#N)c3)C(=O)c3ccccc3F)[nH]n2c(=O)c1Cc1ccccc1. The Hall–Kier alpha value is -5.10. The van der Waals surface area contributed by atoms with Crippen LogP contribution in [0.2, 0.25) is 0 Å². The number of benzene rings is 3. The minimum Gasteiger partial charge on any atom is -0.272 e. The third-order valence-electron chi connectivity index (χ3n) is 6.01. The molecule has 0 radical (unpaired) electrons. The van der Waals surface area contributed by atoms with E-state index in [0.717, 1.165) is 5.56 Å². The Morgan fingerprint density at radius 3 is 2.51 bits per heavy atom. The molecule has 182 valence electrons. The summed E-state index contributed by atoms with van der Waals surface area (Å²) < 4.78 is 15.8. The molecule has 0 aliphatic rings. The molecule has 0 saturated heterocycles. The van der Waals surface area contributed by atoms with E-state index in [9.17, 15) is 19.2 Å². The van der Waals surface area contributed by atoms with Crippen LogP contribution in [0.1, 0.15) is 38.3 Å². The average Bonchev–Trinajstić information content (AvgIpc) is 3.34. The van der Waals surface area contributed by atoms with Crippen molar-refractivity contribution in [3.63, 3.8) is 0 Å². The lowest BCUT2D eigenvalue weighted by Crippen LogP contribution is -2.32. The van der Waals surface area contributed by atoms with Gasteiger partial charge in [0, 0.05) is 12.0 Å². The van der Waals surface area contributed by atoms with Crippen molar-refractivity contribution in [2.75, 3.05) is 4.90 Å². The molecule has 0 atom stereocenters. The van der Waals surface area contributed by atoms with Gasteiger partial charge in [0.1, 0.15) is 5.82 Å². The summed E-state index contributed by atoms with van der Waals surface area (Å²) >= 11 is 0. The number of nitrogens with zero attached hydrogens (tertiary/aromatic N) is 5. The fourth-order valence-corrected chi connectivity index (χ4v) is 4.11. The first-order valence-corrected chi connectivity index (χ1v) is 11.5. The van der Waals surface area contributed by atoms with Gasteiger partial charge in [-0.1, -0.05) is 54.6 Å². The zero-order chi connectivity index (χ0) is 25.9. The van der Waals surface area contributed by atoms with E-state index in [1.54, 1.807) is 37.3 Å². The molecule has 8 nitrogen and oxygen atoms in total. The fraction of sp³-hybridized carbons (Fsp3) is 0.107. The van der Waals surface area contributed by atoms with Gasteiger partial charge in [-0.2, -0.15) is 14.8 Å². The first-order valence-electron chi connectivity index (χ1n) is 11.5. The van der Waals surface area contributed by atoms with E-state index < -0.39 is 11.7 Å². The summed E-state index contributed by atoms with van der Waals surface area (Å²) in [5, 5.41) is 12.2. The maximum absolute atomic E-state index is 14.6. The number of hydrogen-bond donors (Lipinski definition) is 1. The molecule has 5 aromatic rings. The topological polar surface area (TPSA) is 107 Å². The van der Waals surface area contributed by atoms with Crippen LogP contribution in [0.3, 0.4) is 0 Å². The number of anilines is 1. The summed E-state index contributed by atoms with van der Waals surface area (Å²) in [4.78, 5) is 37.0. The first-order chi connectivity index (χ1) is 17.9. The molecule has 2 heterocycles. The first kappa shape index (κ1) is 23.6. The maximum Gasteiger partial charge on any atom is 0.277 e. The van der Waals surface area contributed by atoms with Crippen LogP contribution in [0.4, 0.5) is 10.3 Å². The Morgan fingerprint density at radius 1 is 1.03 bits per heavy atom. The lowest BCUT2D eigenvalue weighted by Gasteiger charge is -2.20. The Balaban J connectivity index is 1.60. The molecule has 0 unspecified atom stereocenters. The zero-order valence-corrected chi connectivity index (χ0v) is 19.9. The number of H-pyrrole nitrogens is 1. The Kier molecular flexibility index (Phi) is 6.31. The largest absolute Gasteiger partial charge is 0.277 e. The van der Waals surface area contributed by atoms with Crippen LogP contribution in [0.25, 0.3) is 5.78 Å². The van der Waals surface area contributed by atoms with Crippen LogP contribution < -0.4 is 10.5 Å². The van der Waals surface area contributed by atoms with Gasteiger partial charge < -0.3 is 0 Å². The number of aromatic amines is 1. The molecule has 37 heavy (non-hydrogen) atoms. The van der Waals surface area contributed by atoms with E-state index in [4.69, 9.17) is 0 Å². The van der Waals surface area contributed by atoms with Gasteiger partial charge in [-0.05, 0) is 42.3 Å². The predicted octanol–water partition coefficient (Wildman–Crippen LogP) is 4.17. The van der Waals surface area contributed by atoms with E-state index >= 15 is 0 Å². The van der Waals surface area contributed by atoms with E-state index in [2.05, 4.69) is 21.1 Å². The van der Waals surface area contributed by atoms with Gasteiger partial charge in [0.15, 0.2) is 0 Å². The van der Waals surface area contributed by atoms with Crippen LogP contribution in [0, 0.1) is 24.1 Å². The van der Waals surface area contributed by atoms with E-state index in [-0.39, 0.29) is 29.4 Å². The third kappa shape index (κ3) is 4.73. The van der Waals surface area contributed by atoms with Gasteiger partial charge in [-0.25, -0.2) is 9.37 Å². The summed E-state index contributed by atoms with van der Waals surface area (Å²) in [5.74, 6) is -1.23. The highest BCUT2D eigenvalue weighted by Gasteiger charge is 2.25. The van der Waals surface area contributed by atoms with Crippen LogP contribution in [0.5, 0.6) is 0 Å². The second kappa shape index (κ2) is 9.87. The van der Waals surface area contributed by atoms with E-state index in [1.165, 1.54) is 27.6 Å². The van der Waals surface area contributed by atoms with Crippen molar-refractivity contribution >= 4 is 17.6 Å². The van der Waals surface area contributed by atoms with Crippen LogP contribution in [-0.4, -0.2) is 25.5 Å². The highest BCUT2D eigenvalue weighted by molar-refractivity contribution is 6.05. The number of halogens is 1. The number of carbonyl (C=O) groups is 1. The molecule has 0 bridgehead atoms. The Bertz CT molecular complexity index is 1720. The fourth-order valence-electron chi connectivity index (χ4n) is 4.11.